The summed E-state index contributed by atoms with van der Waals surface area (Å²) in [5, 5.41) is 25.9. The molecule has 10 nitrogen and oxygen atoms in total. The number of phenols is 1. The predicted molar refractivity (Wildman–Crippen MR) is 150 cm³/mol. The van der Waals surface area contributed by atoms with Crippen molar-refractivity contribution in [2.24, 2.45) is 5.73 Å². The van der Waals surface area contributed by atoms with E-state index in [9.17, 15) is 24.8 Å². The molecule has 0 heterocycles. The highest BCUT2D eigenvalue weighted by Gasteiger charge is 2.24. The molecule has 0 saturated carbocycles. The second-order valence-electron chi connectivity index (χ2n) is 9.70. The van der Waals surface area contributed by atoms with Crippen LogP contribution >= 0.6 is 12.4 Å². The lowest BCUT2D eigenvalue weighted by Gasteiger charge is -2.23. The molecule has 0 bridgehead atoms. The van der Waals surface area contributed by atoms with Crippen molar-refractivity contribution in [2.75, 3.05) is 26.8 Å². The normalized spacial score (nSPS) is 10.7. The Bertz CT molecular complexity index is 1230. The molecule has 0 fully saturated rings. The molecule has 2 rings (SSSR count). The molecule has 0 atom stereocenters. The molecule has 0 spiro atoms. The van der Waals surface area contributed by atoms with E-state index in [-0.39, 0.29) is 67.3 Å². The first-order valence-electron chi connectivity index (χ1n) is 12.4. The third-order valence-corrected chi connectivity index (χ3v) is 5.73. The fraction of sp³-hybridized carbons (Fsp3) is 0.429. The van der Waals surface area contributed by atoms with Crippen LogP contribution in [0, 0.1) is 11.3 Å². The average Bonchev–Trinajstić information content (AvgIpc) is 2.86. The van der Waals surface area contributed by atoms with Gasteiger partial charge in [0.05, 0.1) is 37.0 Å². The van der Waals surface area contributed by atoms with Gasteiger partial charge in [-0.2, -0.15) is 5.26 Å². The van der Waals surface area contributed by atoms with E-state index in [0.717, 1.165) is 0 Å². The smallest absolute Gasteiger partial charge is 0.254 e. The molecule has 2 amide bonds. The number of primary amides is 1. The zero-order valence-electron chi connectivity index (χ0n) is 23.0. The number of carbonyl (C=O) groups is 3. The van der Waals surface area contributed by atoms with Crippen LogP contribution in [0.2, 0.25) is 0 Å². The Balaban J connectivity index is 0.00000760. The Morgan fingerprint density at radius 3 is 2.36 bits per heavy atom. The third-order valence-electron chi connectivity index (χ3n) is 5.73. The summed E-state index contributed by atoms with van der Waals surface area (Å²) in [6.45, 7) is 8.15. The standard InChI is InChI=1S/C28H36N4O6.ClH/c1-6-37-23-13-19(18(14-29)10-20(23)27(36)31-5)15-32-16-22(33)17-11-21(28(2,3)4)26(35)24(12-17)38-9-7-8-25(30)34;/h10-13,32,35H,6-9,15-16H2,1-5H3,(H2,30,34)(H,31,36);1H. The van der Waals surface area contributed by atoms with Gasteiger partial charge < -0.3 is 30.9 Å². The zero-order valence-corrected chi connectivity index (χ0v) is 23.8. The number of carbonyl (C=O) groups excluding carboxylic acids is 3. The zero-order chi connectivity index (χ0) is 28.5. The number of hydrogen-bond acceptors (Lipinski definition) is 8. The number of ketones is 1. The Morgan fingerprint density at radius 1 is 1.10 bits per heavy atom. The molecule has 5 N–H and O–H groups in total. The van der Waals surface area contributed by atoms with Gasteiger partial charge in [0.15, 0.2) is 17.3 Å². The van der Waals surface area contributed by atoms with Crippen molar-refractivity contribution < 1.29 is 29.0 Å². The number of Topliss-reactive ketones (excluding diaryl/α,β-unsaturated/α-hetero) is 1. The van der Waals surface area contributed by atoms with Crippen molar-refractivity contribution in [3.05, 3.63) is 52.1 Å². The van der Waals surface area contributed by atoms with Crippen molar-refractivity contribution >= 4 is 30.0 Å². The average molecular weight is 561 g/mol. The van der Waals surface area contributed by atoms with Crippen molar-refractivity contribution in [1.29, 1.82) is 5.26 Å². The molecular formula is C28H37ClN4O6. The van der Waals surface area contributed by atoms with Crippen LogP contribution in [0.4, 0.5) is 0 Å². The van der Waals surface area contributed by atoms with E-state index in [0.29, 0.717) is 41.0 Å². The second-order valence-corrected chi connectivity index (χ2v) is 9.70. The Morgan fingerprint density at radius 2 is 1.79 bits per heavy atom. The van der Waals surface area contributed by atoms with Crippen LogP contribution in [-0.2, 0) is 16.8 Å². The number of nitrogens with two attached hydrogens (primary N) is 1. The molecule has 0 aliphatic heterocycles. The molecule has 212 valence electrons. The minimum atomic E-state index is -0.469. The number of nitrogens with zero attached hydrogens (tertiary/aromatic N) is 1. The predicted octanol–water partition coefficient (Wildman–Crippen LogP) is 3.36. The van der Waals surface area contributed by atoms with Crippen molar-refractivity contribution in [3.8, 4) is 23.3 Å². The number of benzene rings is 2. The maximum atomic E-state index is 13.1. The number of nitrogens with one attached hydrogen (secondary N) is 2. The fourth-order valence-electron chi connectivity index (χ4n) is 3.75. The number of rotatable bonds is 13. The quantitative estimate of drug-likeness (QED) is 0.214. The summed E-state index contributed by atoms with van der Waals surface area (Å²) < 4.78 is 11.3. The first-order chi connectivity index (χ1) is 17.9. The van der Waals surface area contributed by atoms with Crippen LogP contribution in [-0.4, -0.2) is 49.5 Å². The number of aromatic hydroxyl groups is 1. The number of hydrogen-bond donors (Lipinski definition) is 4. The van der Waals surface area contributed by atoms with Crippen LogP contribution in [0.3, 0.4) is 0 Å². The summed E-state index contributed by atoms with van der Waals surface area (Å²) in [4.78, 5) is 36.3. The van der Waals surface area contributed by atoms with E-state index in [1.54, 1.807) is 19.1 Å². The van der Waals surface area contributed by atoms with E-state index in [1.165, 1.54) is 19.2 Å². The van der Waals surface area contributed by atoms with E-state index in [4.69, 9.17) is 15.2 Å². The molecule has 0 unspecified atom stereocenters. The highest BCUT2D eigenvalue weighted by Crippen LogP contribution is 2.39. The number of amides is 2. The monoisotopic (exact) mass is 560 g/mol. The SMILES string of the molecule is CCOc1cc(CNCC(=O)c2cc(OCCCC(N)=O)c(O)c(C(C)(C)C)c2)c(C#N)cc1C(=O)NC.Cl. The van der Waals surface area contributed by atoms with Crippen molar-refractivity contribution in [1.82, 2.24) is 10.6 Å². The van der Waals surface area contributed by atoms with E-state index in [1.807, 2.05) is 20.8 Å². The van der Waals surface area contributed by atoms with Crippen LogP contribution in [0.1, 0.15) is 77.9 Å². The van der Waals surface area contributed by atoms with Crippen LogP contribution in [0.15, 0.2) is 24.3 Å². The molecule has 2 aromatic rings. The highest BCUT2D eigenvalue weighted by molar-refractivity contribution is 5.99. The van der Waals surface area contributed by atoms with Gasteiger partial charge in [0.2, 0.25) is 5.91 Å². The molecule has 0 aliphatic rings. The van der Waals surface area contributed by atoms with Crippen molar-refractivity contribution in [3.63, 3.8) is 0 Å². The lowest BCUT2D eigenvalue weighted by molar-refractivity contribution is -0.118. The largest absolute Gasteiger partial charge is 0.504 e. The van der Waals surface area contributed by atoms with E-state index < -0.39 is 11.3 Å². The van der Waals surface area contributed by atoms with Gasteiger partial charge in [-0.1, -0.05) is 20.8 Å². The van der Waals surface area contributed by atoms with Gasteiger partial charge in [0.1, 0.15) is 5.75 Å². The first kappa shape index (κ1) is 33.2. The van der Waals surface area contributed by atoms with Crippen LogP contribution in [0.25, 0.3) is 0 Å². The van der Waals surface area contributed by atoms with Crippen molar-refractivity contribution in [2.45, 2.75) is 52.5 Å². The maximum Gasteiger partial charge on any atom is 0.254 e. The Hall–Kier alpha value is -3.81. The van der Waals surface area contributed by atoms with E-state index in [2.05, 4.69) is 16.7 Å². The summed E-state index contributed by atoms with van der Waals surface area (Å²) in [5.41, 5.74) is 6.71. The highest BCUT2D eigenvalue weighted by atomic mass is 35.5. The number of halogens is 1. The van der Waals surface area contributed by atoms with E-state index >= 15 is 0 Å². The summed E-state index contributed by atoms with van der Waals surface area (Å²) in [6, 6.07) is 8.30. The Labute approximate surface area is 235 Å². The summed E-state index contributed by atoms with van der Waals surface area (Å²) in [6.07, 6.45) is 0.526. The minimum Gasteiger partial charge on any atom is -0.504 e. The first-order valence-corrected chi connectivity index (χ1v) is 12.4. The Kier molecular flexibility index (Phi) is 12.7. The molecule has 0 saturated heterocycles. The summed E-state index contributed by atoms with van der Waals surface area (Å²) >= 11 is 0. The van der Waals surface area contributed by atoms with Gasteiger partial charge in [0.25, 0.3) is 5.91 Å². The number of phenolic OH excluding ortho intramolecular Hbond substituents is 1. The molecule has 0 radical (unpaired) electrons. The van der Waals surface area contributed by atoms with Gasteiger partial charge in [-0.3, -0.25) is 14.4 Å². The lowest BCUT2D eigenvalue weighted by atomic mass is 9.84. The molecule has 2 aromatic carbocycles. The van der Waals surface area contributed by atoms with Crippen LogP contribution < -0.4 is 25.8 Å². The minimum absolute atomic E-state index is 0. The topological polar surface area (TPSA) is 164 Å². The van der Waals surface area contributed by atoms with Gasteiger partial charge in [-0.15, -0.1) is 12.4 Å². The van der Waals surface area contributed by atoms with Gasteiger partial charge in [0, 0.05) is 31.1 Å². The summed E-state index contributed by atoms with van der Waals surface area (Å²) in [5.74, 6) is -0.611. The molecule has 0 aliphatic carbocycles. The molecule has 11 heteroatoms. The van der Waals surface area contributed by atoms with Gasteiger partial charge >= 0.3 is 0 Å². The van der Waals surface area contributed by atoms with Gasteiger partial charge in [-0.25, -0.2) is 0 Å². The van der Waals surface area contributed by atoms with Gasteiger partial charge in [-0.05, 0) is 48.6 Å². The number of nitriles is 1. The molecule has 0 aromatic heterocycles. The maximum absolute atomic E-state index is 13.1. The molecular weight excluding hydrogens is 524 g/mol. The van der Waals surface area contributed by atoms with Crippen LogP contribution in [0.5, 0.6) is 17.2 Å². The second kappa shape index (κ2) is 15.0. The summed E-state index contributed by atoms with van der Waals surface area (Å²) in [7, 11) is 1.50. The third kappa shape index (κ3) is 9.16. The molecule has 39 heavy (non-hydrogen) atoms. The lowest BCUT2D eigenvalue weighted by Crippen LogP contribution is -2.24. The number of ether oxygens (including phenoxy) is 2. The fourth-order valence-corrected chi connectivity index (χ4v) is 3.75.